The third-order valence-corrected chi connectivity index (χ3v) is 5.13. The molecule has 0 spiro atoms. The Balaban J connectivity index is 2.35. The lowest BCUT2D eigenvalue weighted by molar-refractivity contribution is -0.147. The maximum atomic E-state index is 12.4. The highest BCUT2D eigenvalue weighted by Gasteiger charge is 2.46. The Hall–Kier alpha value is -1.07. The number of carbonyl (C=O) groups is 2. The van der Waals surface area contributed by atoms with Gasteiger partial charge in [-0.1, -0.05) is 11.6 Å². The number of nitrogens with zero attached hydrogens (tertiary/aromatic N) is 1. The third-order valence-electron chi connectivity index (χ3n) is 3.44. The molecule has 18 heavy (non-hydrogen) atoms. The zero-order chi connectivity index (χ0) is 13.5. The maximum absolute atomic E-state index is 12.4. The molecule has 2 heterocycles. The van der Waals surface area contributed by atoms with Crippen LogP contribution in [0.4, 0.5) is 0 Å². The molecular formula is C12H14ClNO3S. The minimum atomic E-state index is -1.11. The van der Waals surface area contributed by atoms with Crippen molar-refractivity contribution in [3.8, 4) is 0 Å². The van der Waals surface area contributed by atoms with Crippen molar-refractivity contribution in [2.75, 3.05) is 6.54 Å². The molecule has 1 N–H and O–H groups in total. The summed E-state index contributed by atoms with van der Waals surface area (Å²) in [6, 6.07) is 0. The second-order valence-corrected chi connectivity index (χ2v) is 5.96. The Bertz CT molecular complexity index is 513. The van der Waals surface area contributed by atoms with Gasteiger partial charge in [0, 0.05) is 6.54 Å². The smallest absolute Gasteiger partial charge is 0.329 e. The van der Waals surface area contributed by atoms with Gasteiger partial charge in [-0.25, -0.2) is 4.79 Å². The van der Waals surface area contributed by atoms with E-state index < -0.39 is 11.5 Å². The van der Waals surface area contributed by atoms with Gasteiger partial charge in [-0.15, -0.1) is 11.3 Å². The SMILES string of the molecule is Cc1csc(C(=O)N2CCCC2(C)C(=O)O)c1Cl. The highest BCUT2D eigenvalue weighted by Crippen LogP contribution is 2.35. The number of carboxylic acids is 1. The molecule has 6 heteroatoms. The highest BCUT2D eigenvalue weighted by molar-refractivity contribution is 7.13. The van der Waals surface area contributed by atoms with Crippen LogP contribution in [-0.4, -0.2) is 34.0 Å². The first-order chi connectivity index (χ1) is 8.38. The molecule has 0 bridgehead atoms. The van der Waals surface area contributed by atoms with Crippen molar-refractivity contribution in [2.45, 2.75) is 32.2 Å². The van der Waals surface area contributed by atoms with Crippen LogP contribution in [0.25, 0.3) is 0 Å². The molecule has 98 valence electrons. The molecule has 1 fully saturated rings. The summed E-state index contributed by atoms with van der Waals surface area (Å²) in [6.45, 7) is 3.89. The van der Waals surface area contributed by atoms with Gasteiger partial charge in [0.2, 0.25) is 0 Å². The minimum absolute atomic E-state index is 0.277. The Morgan fingerprint density at radius 2 is 2.22 bits per heavy atom. The predicted octanol–water partition coefficient (Wildman–Crippen LogP) is 2.79. The number of rotatable bonds is 2. The first kappa shape index (κ1) is 13.4. The van der Waals surface area contributed by atoms with E-state index in [0.29, 0.717) is 29.3 Å². The van der Waals surface area contributed by atoms with Gasteiger partial charge in [0.25, 0.3) is 5.91 Å². The van der Waals surface area contributed by atoms with E-state index in [9.17, 15) is 14.7 Å². The summed E-state index contributed by atoms with van der Waals surface area (Å²) < 4.78 is 0. The Kier molecular flexibility index (Phi) is 3.38. The summed E-state index contributed by atoms with van der Waals surface area (Å²) in [4.78, 5) is 25.6. The number of carboxylic acid groups (broad SMARTS) is 1. The quantitative estimate of drug-likeness (QED) is 0.910. The van der Waals surface area contributed by atoms with E-state index in [1.807, 2.05) is 12.3 Å². The number of hydrogen-bond donors (Lipinski definition) is 1. The fourth-order valence-electron chi connectivity index (χ4n) is 2.21. The zero-order valence-electron chi connectivity index (χ0n) is 10.2. The van der Waals surface area contributed by atoms with Gasteiger partial charge >= 0.3 is 5.97 Å². The maximum Gasteiger partial charge on any atom is 0.329 e. The summed E-state index contributed by atoms with van der Waals surface area (Å²) in [5.74, 6) is -1.24. The molecular weight excluding hydrogens is 274 g/mol. The van der Waals surface area contributed by atoms with Gasteiger partial charge in [0.15, 0.2) is 0 Å². The molecule has 1 saturated heterocycles. The molecule has 2 rings (SSSR count). The van der Waals surface area contributed by atoms with E-state index in [1.54, 1.807) is 6.92 Å². The van der Waals surface area contributed by atoms with Gasteiger partial charge in [-0.05, 0) is 37.6 Å². The molecule has 4 nitrogen and oxygen atoms in total. The molecule has 1 amide bonds. The molecule has 1 aliphatic rings. The van der Waals surface area contributed by atoms with Crippen LogP contribution in [0, 0.1) is 6.92 Å². The first-order valence-electron chi connectivity index (χ1n) is 5.67. The van der Waals surface area contributed by atoms with Crippen LogP contribution in [-0.2, 0) is 4.79 Å². The number of likely N-dealkylation sites (tertiary alicyclic amines) is 1. The number of carbonyl (C=O) groups excluding carboxylic acids is 1. The van der Waals surface area contributed by atoms with E-state index in [2.05, 4.69) is 0 Å². The molecule has 0 aromatic carbocycles. The summed E-state index contributed by atoms with van der Waals surface area (Å²) in [6.07, 6.45) is 1.19. The summed E-state index contributed by atoms with van der Waals surface area (Å²) in [5.41, 5.74) is -0.264. The largest absolute Gasteiger partial charge is 0.480 e. The van der Waals surface area contributed by atoms with Gasteiger partial charge in [-0.2, -0.15) is 0 Å². The van der Waals surface area contributed by atoms with Gasteiger partial charge in [0.05, 0.1) is 5.02 Å². The first-order valence-corrected chi connectivity index (χ1v) is 6.92. The molecule has 1 aliphatic heterocycles. The molecule has 0 aliphatic carbocycles. The normalized spacial score (nSPS) is 23.4. The lowest BCUT2D eigenvalue weighted by Crippen LogP contribution is -2.50. The average molecular weight is 288 g/mol. The fourth-order valence-corrected chi connectivity index (χ4v) is 3.43. The van der Waals surface area contributed by atoms with Crippen LogP contribution in [0.3, 0.4) is 0 Å². The van der Waals surface area contributed by atoms with Crippen LogP contribution < -0.4 is 0 Å². The van der Waals surface area contributed by atoms with Crippen molar-refractivity contribution in [1.82, 2.24) is 4.90 Å². The number of aliphatic carboxylic acids is 1. The van der Waals surface area contributed by atoms with E-state index in [-0.39, 0.29) is 5.91 Å². The van der Waals surface area contributed by atoms with Crippen LogP contribution in [0.2, 0.25) is 5.02 Å². The number of hydrogen-bond acceptors (Lipinski definition) is 3. The average Bonchev–Trinajstić information content (AvgIpc) is 2.85. The lowest BCUT2D eigenvalue weighted by atomic mass is 9.99. The van der Waals surface area contributed by atoms with E-state index in [0.717, 1.165) is 5.56 Å². The molecule has 1 unspecified atom stereocenters. The molecule has 1 atom stereocenters. The lowest BCUT2D eigenvalue weighted by Gasteiger charge is -2.30. The van der Waals surface area contributed by atoms with E-state index in [1.165, 1.54) is 16.2 Å². The minimum Gasteiger partial charge on any atom is -0.480 e. The number of amides is 1. The Morgan fingerprint density at radius 3 is 2.72 bits per heavy atom. The zero-order valence-corrected chi connectivity index (χ0v) is 11.8. The standard InChI is InChI=1S/C12H14ClNO3S/c1-7-6-18-9(8(7)13)10(15)14-5-3-4-12(14,2)11(16)17/h6H,3-5H2,1-2H3,(H,16,17). The molecule has 1 aromatic rings. The number of halogens is 1. The van der Waals surface area contributed by atoms with Crippen LogP contribution in [0.1, 0.15) is 35.0 Å². The predicted molar refractivity (Wildman–Crippen MR) is 70.4 cm³/mol. The van der Waals surface area contributed by atoms with Crippen molar-refractivity contribution >= 4 is 34.8 Å². The Morgan fingerprint density at radius 1 is 1.56 bits per heavy atom. The van der Waals surface area contributed by atoms with Gasteiger partial charge in [-0.3, -0.25) is 4.79 Å². The van der Waals surface area contributed by atoms with Crippen molar-refractivity contribution < 1.29 is 14.7 Å². The Labute approximate surface area is 114 Å². The molecule has 0 radical (unpaired) electrons. The summed E-state index contributed by atoms with van der Waals surface area (Å²) >= 11 is 7.34. The van der Waals surface area contributed by atoms with E-state index in [4.69, 9.17) is 11.6 Å². The van der Waals surface area contributed by atoms with Crippen molar-refractivity contribution in [2.24, 2.45) is 0 Å². The number of aryl methyl sites for hydroxylation is 1. The van der Waals surface area contributed by atoms with Crippen molar-refractivity contribution in [1.29, 1.82) is 0 Å². The third kappa shape index (κ3) is 1.91. The van der Waals surface area contributed by atoms with Crippen LogP contribution >= 0.6 is 22.9 Å². The van der Waals surface area contributed by atoms with Crippen LogP contribution in [0.15, 0.2) is 5.38 Å². The second kappa shape index (κ2) is 4.55. The summed E-state index contributed by atoms with van der Waals surface area (Å²) in [7, 11) is 0. The number of thiophene rings is 1. The monoisotopic (exact) mass is 287 g/mol. The van der Waals surface area contributed by atoms with Crippen molar-refractivity contribution in [3.63, 3.8) is 0 Å². The van der Waals surface area contributed by atoms with Crippen LogP contribution in [0.5, 0.6) is 0 Å². The second-order valence-electron chi connectivity index (χ2n) is 4.70. The highest BCUT2D eigenvalue weighted by atomic mass is 35.5. The van der Waals surface area contributed by atoms with Crippen molar-refractivity contribution in [3.05, 3.63) is 20.8 Å². The molecule has 1 aromatic heterocycles. The van der Waals surface area contributed by atoms with Gasteiger partial charge in [0.1, 0.15) is 10.4 Å². The molecule has 0 saturated carbocycles. The van der Waals surface area contributed by atoms with Gasteiger partial charge < -0.3 is 10.0 Å². The van der Waals surface area contributed by atoms with E-state index >= 15 is 0 Å². The topological polar surface area (TPSA) is 57.6 Å². The fraction of sp³-hybridized carbons (Fsp3) is 0.500. The summed E-state index contributed by atoms with van der Waals surface area (Å²) in [5, 5.41) is 11.5.